The van der Waals surface area contributed by atoms with E-state index in [2.05, 4.69) is 6.92 Å². The topological polar surface area (TPSA) is 93.2 Å². The summed E-state index contributed by atoms with van der Waals surface area (Å²) in [5.41, 5.74) is -0.552. The zero-order chi connectivity index (χ0) is 21.7. The van der Waals surface area contributed by atoms with E-state index in [1.807, 2.05) is 20.8 Å². The molecule has 0 bridgehead atoms. The Morgan fingerprint density at radius 3 is 2.28 bits per heavy atom. The lowest BCUT2D eigenvalue weighted by Gasteiger charge is -2.41. The van der Waals surface area contributed by atoms with Crippen LogP contribution in [0.4, 0.5) is 4.79 Å². The van der Waals surface area contributed by atoms with E-state index in [1.54, 1.807) is 9.80 Å². The van der Waals surface area contributed by atoms with E-state index in [4.69, 9.17) is 9.47 Å². The molecule has 1 atom stereocenters. The van der Waals surface area contributed by atoms with Crippen LogP contribution < -0.4 is 0 Å². The van der Waals surface area contributed by atoms with Crippen molar-refractivity contribution < 1.29 is 27.5 Å². The molecule has 2 aliphatic rings. The van der Waals surface area contributed by atoms with Gasteiger partial charge in [0.1, 0.15) is 12.2 Å². The molecular formula is C20H36N2O6S. The molecule has 2 rings (SSSR count). The molecule has 1 unspecified atom stereocenters. The zero-order valence-electron chi connectivity index (χ0n) is 18.2. The number of piperidine rings is 1. The van der Waals surface area contributed by atoms with Gasteiger partial charge in [0.2, 0.25) is 5.91 Å². The third-order valence-electron chi connectivity index (χ3n) is 5.27. The van der Waals surface area contributed by atoms with Crippen LogP contribution in [-0.4, -0.2) is 85.7 Å². The summed E-state index contributed by atoms with van der Waals surface area (Å²) in [4.78, 5) is 28.6. The van der Waals surface area contributed by atoms with Gasteiger partial charge in [-0.2, -0.15) is 0 Å². The summed E-state index contributed by atoms with van der Waals surface area (Å²) in [6.45, 7) is 9.02. The predicted molar refractivity (Wildman–Crippen MR) is 110 cm³/mol. The highest BCUT2D eigenvalue weighted by Gasteiger charge is 2.40. The summed E-state index contributed by atoms with van der Waals surface area (Å²) < 4.78 is 34.9. The molecule has 0 spiro atoms. The van der Waals surface area contributed by atoms with Gasteiger partial charge in [-0.1, -0.05) is 13.3 Å². The summed E-state index contributed by atoms with van der Waals surface area (Å²) in [5.74, 6) is -0.0200. The first-order valence-corrected chi connectivity index (χ1v) is 12.4. The van der Waals surface area contributed by atoms with Gasteiger partial charge in [0.05, 0.1) is 11.5 Å². The summed E-state index contributed by atoms with van der Waals surface area (Å²) in [7, 11) is -3.11. The van der Waals surface area contributed by atoms with Gasteiger partial charge in [-0.15, -0.1) is 0 Å². The van der Waals surface area contributed by atoms with Gasteiger partial charge < -0.3 is 19.3 Å². The highest BCUT2D eigenvalue weighted by molar-refractivity contribution is 7.91. The van der Waals surface area contributed by atoms with E-state index in [-0.39, 0.29) is 42.2 Å². The van der Waals surface area contributed by atoms with Crippen LogP contribution in [0.5, 0.6) is 0 Å². The van der Waals surface area contributed by atoms with Crippen molar-refractivity contribution in [1.29, 1.82) is 0 Å². The number of hydrogen-bond acceptors (Lipinski definition) is 6. The largest absolute Gasteiger partial charge is 0.444 e. The number of ether oxygens (including phenoxy) is 2. The van der Waals surface area contributed by atoms with Crippen LogP contribution in [0.2, 0.25) is 0 Å². The molecule has 0 aliphatic carbocycles. The highest BCUT2D eigenvalue weighted by atomic mass is 32.2. The van der Waals surface area contributed by atoms with Gasteiger partial charge in [-0.25, -0.2) is 13.2 Å². The molecule has 2 heterocycles. The van der Waals surface area contributed by atoms with Crippen LogP contribution in [0.15, 0.2) is 0 Å². The molecule has 0 aromatic heterocycles. The average molecular weight is 433 g/mol. The van der Waals surface area contributed by atoms with E-state index in [1.165, 1.54) is 0 Å². The van der Waals surface area contributed by atoms with Crippen molar-refractivity contribution in [3.05, 3.63) is 0 Å². The number of hydrogen-bond donors (Lipinski definition) is 0. The zero-order valence-corrected chi connectivity index (χ0v) is 19.0. The molecular weight excluding hydrogens is 396 g/mol. The standard InChI is InChI=1S/C20H36N2O6S/c1-5-6-12-27-14-18(23)22(17-9-13-29(25,26)15-17)16-7-10-21(11-8-16)19(24)28-20(2,3)4/h16-17H,5-15H2,1-4H3. The number of carbonyl (C=O) groups is 2. The Morgan fingerprint density at radius 2 is 1.76 bits per heavy atom. The fraction of sp³-hybridized carbons (Fsp3) is 0.900. The molecule has 2 fully saturated rings. The Morgan fingerprint density at radius 1 is 1.10 bits per heavy atom. The van der Waals surface area contributed by atoms with E-state index in [0.29, 0.717) is 39.0 Å². The van der Waals surface area contributed by atoms with Gasteiger partial charge in [-0.05, 0) is 46.5 Å². The highest BCUT2D eigenvalue weighted by Crippen LogP contribution is 2.26. The van der Waals surface area contributed by atoms with Crippen molar-refractivity contribution in [3.63, 3.8) is 0 Å². The van der Waals surface area contributed by atoms with Gasteiger partial charge in [0.25, 0.3) is 0 Å². The molecule has 0 saturated carbocycles. The van der Waals surface area contributed by atoms with Crippen LogP contribution in [0.3, 0.4) is 0 Å². The average Bonchev–Trinajstić information content (AvgIpc) is 2.97. The van der Waals surface area contributed by atoms with Crippen molar-refractivity contribution >= 4 is 21.8 Å². The number of sulfone groups is 1. The third kappa shape index (κ3) is 7.44. The predicted octanol–water partition coefficient (Wildman–Crippen LogP) is 2.22. The lowest BCUT2D eigenvalue weighted by atomic mass is 10.0. The number of rotatable bonds is 7. The first kappa shape index (κ1) is 23.9. The first-order valence-electron chi connectivity index (χ1n) is 10.6. The van der Waals surface area contributed by atoms with Crippen LogP contribution in [0, 0.1) is 0 Å². The Balaban J connectivity index is 2.00. The van der Waals surface area contributed by atoms with Crippen molar-refractivity contribution in [2.24, 2.45) is 0 Å². The minimum absolute atomic E-state index is 0.0139. The van der Waals surface area contributed by atoms with E-state index >= 15 is 0 Å². The number of amides is 2. The third-order valence-corrected chi connectivity index (χ3v) is 7.02. The molecule has 0 aromatic carbocycles. The number of likely N-dealkylation sites (tertiary alicyclic amines) is 1. The smallest absolute Gasteiger partial charge is 0.410 e. The maximum atomic E-state index is 12.9. The molecule has 2 saturated heterocycles. The quantitative estimate of drug-likeness (QED) is 0.573. The fourth-order valence-corrected chi connectivity index (χ4v) is 5.55. The summed E-state index contributed by atoms with van der Waals surface area (Å²) in [6.07, 6.45) is 3.21. The molecule has 0 radical (unpaired) electrons. The van der Waals surface area contributed by atoms with E-state index < -0.39 is 15.4 Å². The minimum atomic E-state index is -3.11. The lowest BCUT2D eigenvalue weighted by molar-refractivity contribution is -0.141. The number of unbranched alkanes of at least 4 members (excludes halogenated alkanes) is 1. The summed E-state index contributed by atoms with van der Waals surface area (Å²) >= 11 is 0. The molecule has 0 N–H and O–H groups in total. The maximum Gasteiger partial charge on any atom is 0.410 e. The Kier molecular flexibility index (Phi) is 8.34. The fourth-order valence-electron chi connectivity index (χ4n) is 3.83. The van der Waals surface area contributed by atoms with Crippen LogP contribution in [0.1, 0.15) is 59.8 Å². The summed E-state index contributed by atoms with van der Waals surface area (Å²) in [6, 6.07) is -0.394. The van der Waals surface area contributed by atoms with Gasteiger partial charge >= 0.3 is 6.09 Å². The summed E-state index contributed by atoms with van der Waals surface area (Å²) in [5, 5.41) is 0. The monoisotopic (exact) mass is 432 g/mol. The number of carbonyl (C=O) groups excluding carboxylic acids is 2. The lowest BCUT2D eigenvalue weighted by Crippen LogP contribution is -2.54. The SMILES string of the molecule is CCCCOCC(=O)N(C1CCN(C(=O)OC(C)(C)C)CC1)C1CCS(=O)(=O)C1. The molecule has 9 heteroatoms. The van der Waals surface area contributed by atoms with Crippen molar-refractivity contribution in [3.8, 4) is 0 Å². The van der Waals surface area contributed by atoms with Crippen LogP contribution in [-0.2, 0) is 24.1 Å². The van der Waals surface area contributed by atoms with Crippen molar-refractivity contribution in [2.75, 3.05) is 37.8 Å². The Hall–Kier alpha value is -1.35. The van der Waals surface area contributed by atoms with Crippen molar-refractivity contribution in [2.45, 2.75) is 77.5 Å². The van der Waals surface area contributed by atoms with Gasteiger partial charge in [0, 0.05) is 31.8 Å². The molecule has 0 aromatic rings. The Bertz CT molecular complexity index is 665. The normalized spacial score (nSPS) is 22.5. The van der Waals surface area contributed by atoms with E-state index in [0.717, 1.165) is 12.8 Å². The second kappa shape index (κ2) is 10.1. The van der Waals surface area contributed by atoms with Crippen LogP contribution >= 0.6 is 0 Å². The van der Waals surface area contributed by atoms with Crippen molar-refractivity contribution in [1.82, 2.24) is 9.80 Å². The second-order valence-corrected chi connectivity index (χ2v) is 11.2. The minimum Gasteiger partial charge on any atom is -0.444 e. The van der Waals surface area contributed by atoms with E-state index in [9.17, 15) is 18.0 Å². The Labute approximate surface area is 174 Å². The first-order chi connectivity index (χ1) is 13.5. The maximum absolute atomic E-state index is 12.9. The second-order valence-electron chi connectivity index (χ2n) is 8.96. The molecule has 2 amide bonds. The number of nitrogens with zero attached hydrogens (tertiary/aromatic N) is 2. The molecule has 2 aliphatic heterocycles. The molecule has 8 nitrogen and oxygen atoms in total. The van der Waals surface area contributed by atoms with Crippen LogP contribution in [0.25, 0.3) is 0 Å². The molecule has 29 heavy (non-hydrogen) atoms. The molecule has 168 valence electrons. The van der Waals surface area contributed by atoms with Gasteiger partial charge in [-0.3, -0.25) is 4.79 Å². The van der Waals surface area contributed by atoms with Gasteiger partial charge in [0.15, 0.2) is 9.84 Å².